The van der Waals surface area contributed by atoms with Crippen molar-refractivity contribution in [2.75, 3.05) is 26.7 Å². The summed E-state index contributed by atoms with van der Waals surface area (Å²) < 4.78 is 0. The molecule has 1 aromatic carbocycles. The van der Waals surface area contributed by atoms with Crippen LogP contribution in [0.4, 0.5) is 0 Å². The van der Waals surface area contributed by atoms with Crippen molar-refractivity contribution in [1.29, 1.82) is 0 Å². The first kappa shape index (κ1) is 17.6. The van der Waals surface area contributed by atoms with Crippen LogP contribution in [0.25, 0.3) is 0 Å². The highest BCUT2D eigenvalue weighted by atomic mass is 35.5. The predicted octanol–water partition coefficient (Wildman–Crippen LogP) is 3.77. The molecule has 122 valence electrons. The molecule has 0 atom stereocenters. The summed E-state index contributed by atoms with van der Waals surface area (Å²) in [5.74, 6) is 0.994. The van der Waals surface area contributed by atoms with Gasteiger partial charge in [-0.05, 0) is 62.9 Å². The average molecular weight is 343 g/mol. The van der Waals surface area contributed by atoms with Gasteiger partial charge in [-0.25, -0.2) is 0 Å². The number of nitrogens with zero attached hydrogens (tertiary/aromatic N) is 1. The van der Waals surface area contributed by atoms with E-state index in [1.54, 1.807) is 0 Å². The van der Waals surface area contributed by atoms with Gasteiger partial charge in [0.05, 0.1) is 10.0 Å². The van der Waals surface area contributed by atoms with E-state index >= 15 is 0 Å². The largest absolute Gasteiger partial charge is 0.343 e. The smallest absolute Gasteiger partial charge is 0.222 e. The van der Waals surface area contributed by atoms with Gasteiger partial charge in [-0.1, -0.05) is 29.3 Å². The van der Waals surface area contributed by atoms with E-state index in [4.69, 9.17) is 23.2 Å². The number of carbonyl (C=O) groups excluding carboxylic acids is 1. The van der Waals surface area contributed by atoms with Crippen LogP contribution in [-0.4, -0.2) is 37.5 Å². The predicted molar refractivity (Wildman–Crippen MR) is 92.6 cm³/mol. The molecule has 5 heteroatoms. The molecule has 1 N–H and O–H groups in total. The van der Waals surface area contributed by atoms with Crippen LogP contribution < -0.4 is 5.32 Å². The maximum atomic E-state index is 12.2. The number of piperidine rings is 1. The van der Waals surface area contributed by atoms with Crippen molar-refractivity contribution in [3.05, 3.63) is 33.8 Å². The molecule has 0 saturated carbocycles. The van der Waals surface area contributed by atoms with Crippen LogP contribution >= 0.6 is 23.2 Å². The van der Waals surface area contributed by atoms with E-state index in [0.717, 1.165) is 50.9 Å². The van der Waals surface area contributed by atoms with Gasteiger partial charge in [-0.15, -0.1) is 0 Å². The Morgan fingerprint density at radius 3 is 2.64 bits per heavy atom. The minimum absolute atomic E-state index is 0.281. The van der Waals surface area contributed by atoms with E-state index in [9.17, 15) is 4.79 Å². The van der Waals surface area contributed by atoms with E-state index in [1.165, 1.54) is 0 Å². The van der Waals surface area contributed by atoms with Crippen LogP contribution in [0.1, 0.15) is 31.2 Å². The number of hydrogen-bond acceptors (Lipinski definition) is 2. The van der Waals surface area contributed by atoms with Crippen molar-refractivity contribution in [2.24, 2.45) is 5.92 Å². The number of aryl methyl sites for hydroxylation is 1. The van der Waals surface area contributed by atoms with Crippen LogP contribution in [0.15, 0.2) is 18.2 Å². The van der Waals surface area contributed by atoms with E-state index in [0.29, 0.717) is 22.4 Å². The summed E-state index contributed by atoms with van der Waals surface area (Å²) in [6.45, 7) is 2.86. The number of nitrogens with one attached hydrogen (secondary N) is 1. The molecule has 1 amide bonds. The summed E-state index contributed by atoms with van der Waals surface area (Å²) in [6, 6.07) is 5.67. The third-order valence-electron chi connectivity index (χ3n) is 4.30. The lowest BCUT2D eigenvalue weighted by Crippen LogP contribution is -2.40. The number of benzene rings is 1. The number of likely N-dealkylation sites (tertiary alicyclic amines) is 1. The zero-order valence-corrected chi connectivity index (χ0v) is 14.6. The topological polar surface area (TPSA) is 32.3 Å². The zero-order valence-electron chi connectivity index (χ0n) is 13.1. The van der Waals surface area contributed by atoms with Crippen LogP contribution in [-0.2, 0) is 11.2 Å². The fraction of sp³-hybridized carbons (Fsp3) is 0.588. The Morgan fingerprint density at radius 2 is 2.00 bits per heavy atom. The molecule has 1 heterocycles. The SMILES string of the molecule is CNCC1CCN(C(=O)CCCc2ccc(Cl)c(Cl)c2)CC1. The molecule has 0 bridgehead atoms. The summed E-state index contributed by atoms with van der Waals surface area (Å²) in [6.07, 6.45) is 4.54. The van der Waals surface area contributed by atoms with Crippen LogP contribution in [0.5, 0.6) is 0 Å². The third-order valence-corrected chi connectivity index (χ3v) is 5.04. The maximum Gasteiger partial charge on any atom is 0.222 e. The number of hydrogen-bond donors (Lipinski definition) is 1. The first-order valence-electron chi connectivity index (χ1n) is 7.96. The van der Waals surface area contributed by atoms with Gasteiger partial charge in [0.1, 0.15) is 0 Å². The highest BCUT2D eigenvalue weighted by Crippen LogP contribution is 2.23. The first-order valence-corrected chi connectivity index (χ1v) is 8.72. The van der Waals surface area contributed by atoms with E-state index < -0.39 is 0 Å². The zero-order chi connectivity index (χ0) is 15.9. The fourth-order valence-corrected chi connectivity index (χ4v) is 3.29. The number of amides is 1. The molecular weight excluding hydrogens is 319 g/mol. The quantitative estimate of drug-likeness (QED) is 0.853. The van der Waals surface area contributed by atoms with E-state index in [-0.39, 0.29) is 5.91 Å². The van der Waals surface area contributed by atoms with Gasteiger partial charge in [0.2, 0.25) is 5.91 Å². The van der Waals surface area contributed by atoms with Crippen LogP contribution in [0.3, 0.4) is 0 Å². The molecule has 1 aliphatic rings. The van der Waals surface area contributed by atoms with Crippen LogP contribution in [0, 0.1) is 5.92 Å². The van der Waals surface area contributed by atoms with Gasteiger partial charge in [-0.2, -0.15) is 0 Å². The Labute approximate surface area is 143 Å². The highest BCUT2D eigenvalue weighted by molar-refractivity contribution is 6.42. The second-order valence-electron chi connectivity index (χ2n) is 5.98. The molecule has 2 rings (SSSR count). The molecule has 0 radical (unpaired) electrons. The van der Waals surface area contributed by atoms with Crippen molar-refractivity contribution in [2.45, 2.75) is 32.1 Å². The maximum absolute atomic E-state index is 12.2. The lowest BCUT2D eigenvalue weighted by Gasteiger charge is -2.32. The van der Waals surface area contributed by atoms with Gasteiger partial charge >= 0.3 is 0 Å². The molecular formula is C17H24Cl2N2O. The Bertz CT molecular complexity index is 499. The third kappa shape index (κ3) is 5.15. The Morgan fingerprint density at radius 1 is 1.27 bits per heavy atom. The van der Waals surface area contributed by atoms with Gasteiger partial charge in [0, 0.05) is 19.5 Å². The monoisotopic (exact) mass is 342 g/mol. The minimum Gasteiger partial charge on any atom is -0.343 e. The molecule has 3 nitrogen and oxygen atoms in total. The number of halogens is 2. The molecule has 1 aliphatic heterocycles. The summed E-state index contributed by atoms with van der Waals surface area (Å²) in [4.78, 5) is 14.3. The summed E-state index contributed by atoms with van der Waals surface area (Å²) >= 11 is 11.9. The van der Waals surface area contributed by atoms with E-state index in [2.05, 4.69) is 5.32 Å². The lowest BCUT2D eigenvalue weighted by atomic mass is 9.96. The minimum atomic E-state index is 0.281. The van der Waals surface area contributed by atoms with Crippen molar-refractivity contribution < 1.29 is 4.79 Å². The molecule has 0 aliphatic carbocycles. The van der Waals surface area contributed by atoms with Gasteiger partial charge in [0.15, 0.2) is 0 Å². The van der Waals surface area contributed by atoms with E-state index in [1.807, 2.05) is 30.1 Å². The molecule has 1 fully saturated rings. The second-order valence-corrected chi connectivity index (χ2v) is 6.80. The molecule has 22 heavy (non-hydrogen) atoms. The van der Waals surface area contributed by atoms with Gasteiger partial charge < -0.3 is 10.2 Å². The molecule has 1 aromatic rings. The Kier molecular flexibility index (Phi) is 7.00. The summed E-state index contributed by atoms with van der Waals surface area (Å²) in [7, 11) is 1.99. The van der Waals surface area contributed by atoms with Gasteiger partial charge in [-0.3, -0.25) is 4.79 Å². The van der Waals surface area contributed by atoms with Crippen LogP contribution in [0.2, 0.25) is 10.0 Å². The Hall–Kier alpha value is -0.770. The number of rotatable bonds is 6. The first-order chi connectivity index (χ1) is 10.6. The molecule has 0 aromatic heterocycles. The van der Waals surface area contributed by atoms with Gasteiger partial charge in [0.25, 0.3) is 0 Å². The normalized spacial score (nSPS) is 16.0. The highest BCUT2D eigenvalue weighted by Gasteiger charge is 2.21. The number of carbonyl (C=O) groups is 1. The molecule has 0 unspecified atom stereocenters. The van der Waals surface area contributed by atoms with Crippen molar-refractivity contribution in [3.8, 4) is 0 Å². The van der Waals surface area contributed by atoms with Crippen molar-refractivity contribution in [3.63, 3.8) is 0 Å². The standard InChI is InChI=1S/C17H24Cl2N2O/c1-20-12-14-7-9-21(10-8-14)17(22)4-2-3-13-5-6-15(18)16(19)11-13/h5-6,11,14,20H,2-4,7-10,12H2,1H3. The molecule has 0 spiro atoms. The van der Waals surface area contributed by atoms with Crippen molar-refractivity contribution >= 4 is 29.1 Å². The fourth-order valence-electron chi connectivity index (χ4n) is 2.97. The Balaban J connectivity index is 1.71. The lowest BCUT2D eigenvalue weighted by molar-refractivity contribution is -0.132. The summed E-state index contributed by atoms with van der Waals surface area (Å²) in [5, 5.41) is 4.37. The average Bonchev–Trinajstić information content (AvgIpc) is 2.52. The second kappa shape index (κ2) is 8.76. The summed E-state index contributed by atoms with van der Waals surface area (Å²) in [5.41, 5.74) is 1.13. The van der Waals surface area contributed by atoms with Crippen molar-refractivity contribution in [1.82, 2.24) is 10.2 Å². The molecule has 1 saturated heterocycles.